The Morgan fingerprint density at radius 1 is 1.18 bits per heavy atom. The third-order valence-corrected chi connectivity index (χ3v) is 5.47. The molecule has 152 valence electrons. The molecule has 1 aromatic carbocycles. The van der Waals surface area contributed by atoms with Gasteiger partial charge in [0.05, 0.1) is 5.01 Å². The molecular weight excluding hydrogens is 481 g/mol. The Hall–Kier alpha value is -1.61. The van der Waals surface area contributed by atoms with Crippen molar-refractivity contribution in [1.29, 1.82) is 0 Å². The third kappa shape index (κ3) is 6.77. The molecule has 5 nitrogen and oxygen atoms in total. The van der Waals surface area contributed by atoms with Crippen molar-refractivity contribution in [3.05, 3.63) is 52.1 Å². The molecule has 0 bridgehead atoms. The maximum atomic E-state index is 4.70. The number of hydrogen-bond donors (Lipinski definition) is 3. The molecule has 7 heteroatoms. The lowest BCUT2D eigenvalue weighted by atomic mass is 10.1. The van der Waals surface area contributed by atoms with Crippen LogP contribution in [-0.4, -0.2) is 35.6 Å². The number of aryl methyl sites for hydroxylation is 2. The molecular formula is C21H30IN5S. The predicted molar refractivity (Wildman–Crippen MR) is 131 cm³/mol. The summed E-state index contributed by atoms with van der Waals surface area (Å²) in [5.41, 5.74) is 3.66. The summed E-state index contributed by atoms with van der Waals surface area (Å²) < 4.78 is 0. The Morgan fingerprint density at radius 2 is 2.04 bits per heavy atom. The number of nitrogens with zero attached hydrogens (tertiary/aromatic N) is 2. The molecule has 28 heavy (non-hydrogen) atoms. The van der Waals surface area contributed by atoms with Crippen LogP contribution in [0, 0.1) is 6.92 Å². The molecule has 0 spiro atoms. The van der Waals surface area contributed by atoms with Crippen LogP contribution in [0.25, 0.3) is 10.9 Å². The highest BCUT2D eigenvalue weighted by molar-refractivity contribution is 14.0. The summed E-state index contributed by atoms with van der Waals surface area (Å²) in [5.74, 6) is 0.905. The van der Waals surface area contributed by atoms with Gasteiger partial charge in [0.25, 0.3) is 0 Å². The Morgan fingerprint density at radius 3 is 2.82 bits per heavy atom. The molecule has 0 unspecified atom stereocenters. The van der Waals surface area contributed by atoms with E-state index in [9.17, 15) is 0 Å². The fourth-order valence-electron chi connectivity index (χ4n) is 3.09. The first-order valence-corrected chi connectivity index (χ1v) is 10.6. The Balaban J connectivity index is 0.00000280. The molecule has 0 fully saturated rings. The molecule has 3 rings (SSSR count). The van der Waals surface area contributed by atoms with E-state index in [2.05, 4.69) is 70.3 Å². The zero-order valence-electron chi connectivity index (χ0n) is 16.6. The van der Waals surface area contributed by atoms with E-state index in [1.807, 2.05) is 0 Å². The van der Waals surface area contributed by atoms with Crippen LogP contribution in [0.1, 0.15) is 36.0 Å². The number of guanidine groups is 1. The molecule has 0 atom stereocenters. The molecule has 3 aromatic rings. The van der Waals surface area contributed by atoms with Crippen molar-refractivity contribution >= 4 is 52.2 Å². The number of fused-ring (bicyclic) bond motifs is 1. The lowest BCUT2D eigenvalue weighted by molar-refractivity contribution is 0.727. The predicted octanol–water partition coefficient (Wildman–Crippen LogP) is 4.67. The second kappa shape index (κ2) is 12.1. The molecule has 0 saturated heterocycles. The monoisotopic (exact) mass is 511 g/mol. The zero-order valence-corrected chi connectivity index (χ0v) is 19.8. The summed E-state index contributed by atoms with van der Waals surface area (Å²) in [6.07, 6.45) is 6.34. The SMILES string of the molecule is CCNC(=NCCCCc1nc(C)cs1)NCCc1c[nH]c2ccccc12.I. The highest BCUT2D eigenvalue weighted by Crippen LogP contribution is 2.17. The normalized spacial score (nSPS) is 11.4. The van der Waals surface area contributed by atoms with Crippen LogP contribution in [0.15, 0.2) is 40.8 Å². The first-order valence-electron chi connectivity index (χ1n) is 9.74. The average molecular weight is 511 g/mol. The maximum absolute atomic E-state index is 4.70. The number of benzene rings is 1. The number of rotatable bonds is 9. The van der Waals surface area contributed by atoms with Crippen molar-refractivity contribution in [3.63, 3.8) is 0 Å². The van der Waals surface area contributed by atoms with Gasteiger partial charge in [0.2, 0.25) is 0 Å². The number of unbranched alkanes of at least 4 members (excludes halogenated alkanes) is 1. The molecule has 0 saturated carbocycles. The summed E-state index contributed by atoms with van der Waals surface area (Å²) in [4.78, 5) is 12.6. The van der Waals surface area contributed by atoms with Gasteiger partial charge in [-0.2, -0.15) is 0 Å². The van der Waals surface area contributed by atoms with Crippen LogP contribution in [0.3, 0.4) is 0 Å². The number of hydrogen-bond acceptors (Lipinski definition) is 3. The summed E-state index contributed by atoms with van der Waals surface area (Å²) in [7, 11) is 0. The summed E-state index contributed by atoms with van der Waals surface area (Å²) in [6.45, 7) is 6.73. The van der Waals surface area contributed by atoms with Gasteiger partial charge < -0.3 is 15.6 Å². The van der Waals surface area contributed by atoms with Crippen LogP contribution in [0.5, 0.6) is 0 Å². The van der Waals surface area contributed by atoms with Gasteiger partial charge in [0.1, 0.15) is 0 Å². The standard InChI is InChI=1S/C21H29N5S.HI/c1-3-22-21(23-12-7-6-10-20-26-16(2)15-27-20)24-13-11-17-14-25-19-9-5-4-8-18(17)19;/h4-5,8-9,14-15,25H,3,6-7,10-13H2,1-2H3,(H2,22,23,24);1H. The van der Waals surface area contributed by atoms with Gasteiger partial charge in [-0.3, -0.25) is 4.99 Å². The van der Waals surface area contributed by atoms with Gasteiger partial charge in [0.15, 0.2) is 5.96 Å². The molecule has 0 aliphatic carbocycles. The Bertz CT molecular complexity index is 870. The minimum absolute atomic E-state index is 0. The van der Waals surface area contributed by atoms with E-state index in [1.165, 1.54) is 21.5 Å². The Labute approximate surface area is 188 Å². The van der Waals surface area contributed by atoms with Crippen molar-refractivity contribution in [2.45, 2.75) is 39.5 Å². The topological polar surface area (TPSA) is 65.1 Å². The molecule has 0 radical (unpaired) electrons. The van der Waals surface area contributed by atoms with Crippen molar-refractivity contribution in [3.8, 4) is 0 Å². The number of thiazole rings is 1. The Kier molecular flexibility index (Phi) is 9.77. The minimum Gasteiger partial charge on any atom is -0.361 e. The van der Waals surface area contributed by atoms with Gasteiger partial charge in [-0.1, -0.05) is 18.2 Å². The number of aromatic amines is 1. The van der Waals surface area contributed by atoms with Crippen LogP contribution < -0.4 is 10.6 Å². The van der Waals surface area contributed by atoms with Crippen LogP contribution in [-0.2, 0) is 12.8 Å². The number of nitrogens with one attached hydrogen (secondary N) is 3. The van der Waals surface area contributed by atoms with Gasteiger partial charge in [-0.05, 0) is 51.2 Å². The largest absolute Gasteiger partial charge is 0.361 e. The molecule has 0 aliphatic rings. The van der Waals surface area contributed by atoms with Crippen molar-refractivity contribution < 1.29 is 0 Å². The van der Waals surface area contributed by atoms with Gasteiger partial charge in [0, 0.05) is 47.8 Å². The van der Waals surface area contributed by atoms with E-state index in [4.69, 9.17) is 4.99 Å². The maximum Gasteiger partial charge on any atom is 0.191 e. The van der Waals surface area contributed by atoms with Crippen molar-refractivity contribution in [1.82, 2.24) is 20.6 Å². The van der Waals surface area contributed by atoms with Gasteiger partial charge in [-0.15, -0.1) is 35.3 Å². The van der Waals surface area contributed by atoms with Gasteiger partial charge >= 0.3 is 0 Å². The summed E-state index contributed by atoms with van der Waals surface area (Å²) in [5, 5.41) is 11.4. The van der Waals surface area contributed by atoms with Crippen molar-refractivity contribution in [2.75, 3.05) is 19.6 Å². The first kappa shape index (κ1) is 22.7. The number of halogens is 1. The number of H-pyrrole nitrogens is 1. The van der Waals surface area contributed by atoms with Crippen LogP contribution in [0.4, 0.5) is 0 Å². The van der Waals surface area contributed by atoms with E-state index in [0.29, 0.717) is 0 Å². The highest BCUT2D eigenvalue weighted by Gasteiger charge is 2.04. The van der Waals surface area contributed by atoms with E-state index < -0.39 is 0 Å². The number of aromatic nitrogens is 2. The lowest BCUT2D eigenvalue weighted by Gasteiger charge is -2.11. The molecule has 2 aromatic heterocycles. The first-order chi connectivity index (χ1) is 13.3. The minimum atomic E-state index is 0. The molecule has 2 heterocycles. The fraction of sp³-hybridized carbons (Fsp3) is 0.429. The fourth-order valence-corrected chi connectivity index (χ4v) is 3.91. The molecule has 0 amide bonds. The van der Waals surface area contributed by atoms with E-state index in [1.54, 1.807) is 11.3 Å². The summed E-state index contributed by atoms with van der Waals surface area (Å²) in [6, 6.07) is 8.44. The second-order valence-corrected chi connectivity index (χ2v) is 7.58. The number of aliphatic imine (C=N–C) groups is 1. The smallest absolute Gasteiger partial charge is 0.191 e. The second-order valence-electron chi connectivity index (χ2n) is 6.64. The van der Waals surface area contributed by atoms with E-state index >= 15 is 0 Å². The number of para-hydroxylation sites is 1. The van der Waals surface area contributed by atoms with Gasteiger partial charge in [-0.25, -0.2) is 4.98 Å². The highest BCUT2D eigenvalue weighted by atomic mass is 127. The van der Waals surface area contributed by atoms with E-state index in [-0.39, 0.29) is 24.0 Å². The summed E-state index contributed by atoms with van der Waals surface area (Å²) >= 11 is 1.76. The third-order valence-electron chi connectivity index (χ3n) is 4.44. The molecule has 0 aliphatic heterocycles. The van der Waals surface area contributed by atoms with Crippen LogP contribution >= 0.6 is 35.3 Å². The van der Waals surface area contributed by atoms with Crippen molar-refractivity contribution in [2.24, 2.45) is 4.99 Å². The zero-order chi connectivity index (χ0) is 18.9. The lowest BCUT2D eigenvalue weighted by Crippen LogP contribution is -2.38. The molecule has 3 N–H and O–H groups in total. The van der Waals surface area contributed by atoms with E-state index in [0.717, 1.165) is 57.0 Å². The quantitative estimate of drug-likeness (QED) is 0.169. The van der Waals surface area contributed by atoms with Crippen LogP contribution in [0.2, 0.25) is 0 Å². The average Bonchev–Trinajstić information content (AvgIpc) is 3.28.